The molecule has 0 atom stereocenters. The van der Waals surface area contributed by atoms with E-state index in [1.165, 1.54) is 0 Å². The Morgan fingerprint density at radius 1 is 0.792 bits per heavy atom. The Hall–Kier alpha value is 1.42. The fourth-order valence-electron chi connectivity index (χ4n) is 0.807. The molecule has 0 rings (SSSR count). The molecule has 8 heteroatoms. The minimum atomic E-state index is 0. The first-order valence-electron chi connectivity index (χ1n) is 5.87. The van der Waals surface area contributed by atoms with Gasteiger partial charge < -0.3 is 14.2 Å². The number of methoxy groups -OCH3 is 2. The molecule has 0 aromatic rings. The molecular formula is C16H25KMoO6+. The van der Waals surface area contributed by atoms with E-state index in [4.69, 9.17) is 28.2 Å². The summed E-state index contributed by atoms with van der Waals surface area (Å²) in [6.45, 7) is 27.4. The van der Waals surface area contributed by atoms with Crippen LogP contribution in [0.25, 0.3) is 0 Å². The monoisotopic (exact) mass is 450 g/mol. The van der Waals surface area contributed by atoms with Gasteiger partial charge in [-0.05, 0) is 32.1 Å². The summed E-state index contributed by atoms with van der Waals surface area (Å²) in [6.07, 6.45) is 1.94. The molecule has 0 saturated carbocycles. The van der Waals surface area contributed by atoms with Crippen molar-refractivity contribution in [2.75, 3.05) is 40.6 Å². The Labute approximate surface area is 205 Å². The Bertz CT molecular complexity index is 194. The van der Waals surface area contributed by atoms with Crippen molar-refractivity contribution in [2.24, 2.45) is 0 Å². The van der Waals surface area contributed by atoms with Gasteiger partial charge in [0.25, 0.3) is 0 Å². The third-order valence-electron chi connectivity index (χ3n) is 1.36. The van der Waals surface area contributed by atoms with Crippen molar-refractivity contribution in [3.05, 3.63) is 52.1 Å². The molecule has 0 aromatic heterocycles. The number of rotatable bonds is 8. The van der Waals surface area contributed by atoms with Crippen LogP contribution in [-0.2, 0) is 49.2 Å². The summed E-state index contributed by atoms with van der Waals surface area (Å²) in [6, 6.07) is 0. The second kappa shape index (κ2) is 56.3. The van der Waals surface area contributed by atoms with E-state index in [9.17, 15) is 0 Å². The molecule has 6 nitrogen and oxygen atoms in total. The minimum Gasteiger partial charge on any atom is -0.0588 e. The van der Waals surface area contributed by atoms with Crippen molar-refractivity contribution in [1.29, 1.82) is 0 Å². The fraction of sp³-hybridized carbons (Fsp3) is 0.500. The van der Waals surface area contributed by atoms with E-state index in [1.807, 2.05) is 20.3 Å². The standard InChI is InChI=1S/C7H11.C6H14O3.3CO.K.Mo/c1-6(2)5-7(3)4;1-7-3-5-9-6-4-8-2;3*1-2;;/h5H,1,3H2,2,4H3;3-6H2,1-2H3;;;;;/q;;;;;+1;. The van der Waals surface area contributed by atoms with E-state index < -0.39 is 0 Å². The van der Waals surface area contributed by atoms with E-state index in [0.29, 0.717) is 26.4 Å². The molecule has 0 amide bonds. The van der Waals surface area contributed by atoms with Crippen LogP contribution in [0.4, 0.5) is 0 Å². The molecular weight excluding hydrogens is 423 g/mol. The maximum absolute atomic E-state index is 7.50. The van der Waals surface area contributed by atoms with Gasteiger partial charge in [0.15, 0.2) is 0 Å². The molecule has 131 valence electrons. The van der Waals surface area contributed by atoms with Crippen molar-refractivity contribution in [2.45, 2.75) is 13.8 Å². The molecule has 0 aliphatic heterocycles. The molecule has 0 aromatic carbocycles. The van der Waals surface area contributed by atoms with Gasteiger partial charge in [0, 0.05) is 35.3 Å². The van der Waals surface area contributed by atoms with Gasteiger partial charge in [-0.15, -0.1) is 0 Å². The van der Waals surface area contributed by atoms with Crippen LogP contribution < -0.4 is 51.4 Å². The van der Waals surface area contributed by atoms with Crippen LogP contribution in [0.1, 0.15) is 13.8 Å². The first-order chi connectivity index (χ1) is 10.5. The zero-order chi connectivity index (χ0) is 18.8. The first-order valence-corrected chi connectivity index (χ1v) is 5.87. The van der Waals surface area contributed by atoms with Crippen LogP contribution >= 0.6 is 0 Å². The predicted molar refractivity (Wildman–Crippen MR) is 79.2 cm³/mol. The Balaban J connectivity index is -0.0000000348. The van der Waals surface area contributed by atoms with Crippen molar-refractivity contribution < 1.29 is 101 Å². The molecule has 0 fully saturated rings. The first kappa shape index (κ1) is 44.7. The molecule has 0 saturated heterocycles. The summed E-state index contributed by atoms with van der Waals surface area (Å²) >= 11 is 0. The van der Waals surface area contributed by atoms with Gasteiger partial charge in [0.05, 0.1) is 26.4 Å². The number of hydrogen-bond acceptors (Lipinski definition) is 3. The zero-order valence-electron chi connectivity index (χ0n) is 15.2. The third-order valence-corrected chi connectivity index (χ3v) is 1.36. The largest absolute Gasteiger partial charge is 1.00 e. The van der Waals surface area contributed by atoms with E-state index in [1.54, 1.807) is 14.2 Å². The van der Waals surface area contributed by atoms with Gasteiger partial charge in [0.2, 0.25) is 0 Å². The van der Waals surface area contributed by atoms with Gasteiger partial charge in [-0.2, -0.15) is 0 Å². The topological polar surface area (TPSA) is 87.4 Å². The van der Waals surface area contributed by atoms with Gasteiger partial charge in [-0.1, -0.05) is 13.8 Å². The molecule has 0 aliphatic rings. The van der Waals surface area contributed by atoms with Crippen molar-refractivity contribution >= 4 is 0 Å². The summed E-state index contributed by atoms with van der Waals surface area (Å²) in [5.74, 6) is 2.12. The van der Waals surface area contributed by atoms with Crippen molar-refractivity contribution in [3.63, 3.8) is 0 Å². The van der Waals surface area contributed by atoms with Crippen LogP contribution in [0, 0.1) is 52.1 Å². The Morgan fingerprint density at radius 3 is 1.17 bits per heavy atom. The summed E-state index contributed by atoms with van der Waals surface area (Å²) in [7, 11) is 3.30. The minimum absolute atomic E-state index is 0. The van der Waals surface area contributed by atoms with Gasteiger partial charge in [0.1, 0.15) is 0 Å². The summed E-state index contributed by atoms with van der Waals surface area (Å²) < 4.78 is 37.1. The SMILES string of the molecule is COCCOCCOC.[C-]#[O+].[C-]#[O+].[C-]#[O+].[CH2][C](C)[CH][C]([CH2])C.[K+].[Mo]. The van der Waals surface area contributed by atoms with Gasteiger partial charge in [-0.3, -0.25) is 0 Å². The van der Waals surface area contributed by atoms with Crippen LogP contribution in [0.15, 0.2) is 0 Å². The molecule has 5 radical (unpaired) electrons. The molecule has 24 heavy (non-hydrogen) atoms. The third kappa shape index (κ3) is 90.2. The van der Waals surface area contributed by atoms with Crippen molar-refractivity contribution in [1.82, 2.24) is 0 Å². The Kier molecular flexibility index (Phi) is 105. The van der Waals surface area contributed by atoms with Gasteiger partial charge >= 0.3 is 85.3 Å². The van der Waals surface area contributed by atoms with E-state index in [0.717, 1.165) is 11.8 Å². The molecule has 0 spiro atoms. The molecule has 0 aliphatic carbocycles. The van der Waals surface area contributed by atoms with Crippen LogP contribution in [0.2, 0.25) is 0 Å². The summed E-state index contributed by atoms with van der Waals surface area (Å²) in [4.78, 5) is 0. The second-order valence-corrected chi connectivity index (χ2v) is 3.44. The normalized spacial score (nSPS) is 7.25. The maximum Gasteiger partial charge on any atom is 1.00 e. The number of ether oxygens (including phenoxy) is 3. The molecule has 0 unspecified atom stereocenters. The predicted octanol–water partition coefficient (Wildman–Crippen LogP) is -0.768. The van der Waals surface area contributed by atoms with Crippen molar-refractivity contribution in [3.8, 4) is 0 Å². The average molecular weight is 448 g/mol. The van der Waals surface area contributed by atoms with Crippen LogP contribution in [0.3, 0.4) is 0 Å². The van der Waals surface area contributed by atoms with Crippen LogP contribution in [-0.4, -0.2) is 40.6 Å². The van der Waals surface area contributed by atoms with E-state index in [-0.39, 0.29) is 72.4 Å². The molecule has 0 N–H and O–H groups in total. The second-order valence-electron chi connectivity index (χ2n) is 3.44. The van der Waals surface area contributed by atoms with Crippen LogP contribution in [0.5, 0.6) is 0 Å². The zero-order valence-corrected chi connectivity index (χ0v) is 20.3. The smallest absolute Gasteiger partial charge is 0.0588 e. The van der Waals surface area contributed by atoms with E-state index >= 15 is 0 Å². The quantitative estimate of drug-likeness (QED) is 0.212. The average Bonchev–Trinajstić information content (AvgIpc) is 2.52. The maximum atomic E-state index is 7.50. The Morgan fingerprint density at radius 2 is 1.04 bits per heavy atom. The summed E-state index contributed by atoms with van der Waals surface area (Å²) in [5.41, 5.74) is 0. The van der Waals surface area contributed by atoms with E-state index in [2.05, 4.69) is 33.8 Å². The number of hydrogen-bond donors (Lipinski definition) is 0. The van der Waals surface area contributed by atoms with Gasteiger partial charge in [-0.25, -0.2) is 0 Å². The fourth-order valence-corrected chi connectivity index (χ4v) is 0.807. The molecule has 0 heterocycles. The summed E-state index contributed by atoms with van der Waals surface area (Å²) in [5, 5.41) is 0. The molecule has 0 bridgehead atoms.